The van der Waals surface area contributed by atoms with Crippen LogP contribution in [0.1, 0.15) is 26.2 Å². The summed E-state index contributed by atoms with van der Waals surface area (Å²) in [5.41, 5.74) is 5.40. The van der Waals surface area contributed by atoms with Gasteiger partial charge in [-0.15, -0.1) is 0 Å². The topological polar surface area (TPSA) is 55.1 Å². The highest BCUT2D eigenvalue weighted by Crippen LogP contribution is 1.95. The highest BCUT2D eigenvalue weighted by Gasteiger charge is 2.08. The van der Waals surface area contributed by atoms with Crippen LogP contribution in [0.2, 0.25) is 0 Å². The molecule has 0 rings (SSSR count). The fourth-order valence-corrected chi connectivity index (χ4v) is 0.667. The van der Waals surface area contributed by atoms with Crippen molar-refractivity contribution in [1.29, 1.82) is 0 Å². The fraction of sp³-hybridized carbons (Fsp3) is 0.857. The molecule has 0 aliphatic heterocycles. The Labute approximate surface area is 62.0 Å². The third-order valence-electron chi connectivity index (χ3n) is 1.43. The maximum atomic E-state index is 10.9. The van der Waals surface area contributed by atoms with Crippen molar-refractivity contribution in [1.82, 2.24) is 5.32 Å². The zero-order valence-corrected chi connectivity index (χ0v) is 6.68. The predicted molar refractivity (Wildman–Crippen MR) is 41.6 cm³/mol. The Morgan fingerprint density at radius 2 is 2.30 bits per heavy atom. The zero-order valence-electron chi connectivity index (χ0n) is 6.68. The van der Waals surface area contributed by atoms with E-state index in [-0.39, 0.29) is 5.78 Å². The van der Waals surface area contributed by atoms with Gasteiger partial charge in [0, 0.05) is 6.42 Å². The normalized spacial score (nSPS) is 13.1. The van der Waals surface area contributed by atoms with Gasteiger partial charge in [0.05, 0.1) is 0 Å². The van der Waals surface area contributed by atoms with E-state index < -0.39 is 6.17 Å². The Morgan fingerprint density at radius 1 is 1.70 bits per heavy atom. The van der Waals surface area contributed by atoms with Crippen LogP contribution in [0, 0.1) is 0 Å². The number of unbranched alkanes of at least 4 members (excludes halogenated alkanes) is 1. The van der Waals surface area contributed by atoms with Crippen molar-refractivity contribution in [3.63, 3.8) is 0 Å². The number of carbonyl (C=O) groups excluding carboxylic acids is 1. The molecule has 0 aromatic carbocycles. The number of Topliss-reactive ketones (excluding diaryl/α,β-unsaturated/α-hetero) is 1. The maximum Gasteiger partial charge on any atom is 0.164 e. The fourth-order valence-electron chi connectivity index (χ4n) is 0.667. The highest BCUT2D eigenvalue weighted by atomic mass is 16.1. The van der Waals surface area contributed by atoms with Crippen molar-refractivity contribution in [2.45, 2.75) is 32.4 Å². The molecule has 0 heterocycles. The number of hydrogen-bond acceptors (Lipinski definition) is 3. The summed E-state index contributed by atoms with van der Waals surface area (Å²) in [6.45, 7) is 2.05. The summed E-state index contributed by atoms with van der Waals surface area (Å²) in [7, 11) is 1.69. The minimum absolute atomic E-state index is 0.101. The molecule has 3 N–H and O–H groups in total. The molecule has 0 amide bonds. The lowest BCUT2D eigenvalue weighted by atomic mass is 10.1. The van der Waals surface area contributed by atoms with Crippen LogP contribution in [0.25, 0.3) is 0 Å². The Kier molecular flexibility index (Phi) is 5.16. The van der Waals surface area contributed by atoms with E-state index >= 15 is 0 Å². The molecular formula is C7H16N2O. The minimum Gasteiger partial charge on any atom is -0.310 e. The number of carbonyl (C=O) groups is 1. The van der Waals surface area contributed by atoms with E-state index in [0.717, 1.165) is 12.8 Å². The quantitative estimate of drug-likeness (QED) is 0.544. The molecule has 0 saturated carbocycles. The van der Waals surface area contributed by atoms with Gasteiger partial charge in [0.2, 0.25) is 0 Å². The first-order chi connectivity index (χ1) is 4.72. The van der Waals surface area contributed by atoms with Gasteiger partial charge in [0.1, 0.15) is 6.17 Å². The van der Waals surface area contributed by atoms with E-state index in [1.165, 1.54) is 0 Å². The summed E-state index contributed by atoms with van der Waals surface area (Å²) in [5, 5.41) is 2.70. The van der Waals surface area contributed by atoms with Gasteiger partial charge in [-0.05, 0) is 13.5 Å². The molecule has 0 aromatic heterocycles. The number of rotatable bonds is 5. The predicted octanol–water partition coefficient (Wildman–Crippen LogP) is 0.250. The average molecular weight is 144 g/mol. The summed E-state index contributed by atoms with van der Waals surface area (Å²) in [4.78, 5) is 10.9. The Bertz CT molecular complexity index is 104. The third-order valence-corrected chi connectivity index (χ3v) is 1.43. The van der Waals surface area contributed by atoms with Crippen LogP contribution in [0.3, 0.4) is 0 Å². The minimum atomic E-state index is -0.466. The van der Waals surface area contributed by atoms with Gasteiger partial charge in [-0.2, -0.15) is 0 Å². The first-order valence-corrected chi connectivity index (χ1v) is 3.68. The van der Waals surface area contributed by atoms with Crippen molar-refractivity contribution in [3.8, 4) is 0 Å². The summed E-state index contributed by atoms with van der Waals surface area (Å²) in [5.74, 6) is 0.101. The molecule has 0 fully saturated rings. The molecule has 0 aliphatic rings. The van der Waals surface area contributed by atoms with Crippen molar-refractivity contribution >= 4 is 5.78 Å². The van der Waals surface area contributed by atoms with Crippen LogP contribution >= 0.6 is 0 Å². The van der Waals surface area contributed by atoms with Crippen LogP contribution in [0.4, 0.5) is 0 Å². The lowest BCUT2D eigenvalue weighted by molar-refractivity contribution is -0.120. The second kappa shape index (κ2) is 5.38. The van der Waals surface area contributed by atoms with Crippen LogP contribution in [-0.2, 0) is 4.79 Å². The van der Waals surface area contributed by atoms with Gasteiger partial charge in [-0.1, -0.05) is 13.3 Å². The Hall–Kier alpha value is -0.410. The van der Waals surface area contributed by atoms with E-state index in [1.54, 1.807) is 7.05 Å². The molecule has 10 heavy (non-hydrogen) atoms. The van der Waals surface area contributed by atoms with Crippen LogP contribution in [-0.4, -0.2) is 19.0 Å². The van der Waals surface area contributed by atoms with Gasteiger partial charge in [0.25, 0.3) is 0 Å². The van der Waals surface area contributed by atoms with E-state index in [2.05, 4.69) is 12.2 Å². The second-order valence-electron chi connectivity index (χ2n) is 2.34. The van der Waals surface area contributed by atoms with Crippen molar-refractivity contribution in [2.24, 2.45) is 5.73 Å². The lowest BCUT2D eigenvalue weighted by Gasteiger charge is -2.07. The first kappa shape index (κ1) is 9.59. The number of nitrogens with two attached hydrogens (primary N) is 1. The second-order valence-corrected chi connectivity index (χ2v) is 2.34. The molecule has 0 saturated heterocycles. The summed E-state index contributed by atoms with van der Waals surface area (Å²) in [6.07, 6.45) is 2.11. The maximum absolute atomic E-state index is 10.9. The molecule has 0 spiro atoms. The number of likely N-dealkylation sites (N-methyl/N-ethyl adjacent to an activating group) is 1. The van der Waals surface area contributed by atoms with E-state index in [0.29, 0.717) is 6.42 Å². The largest absolute Gasteiger partial charge is 0.310 e. The van der Waals surface area contributed by atoms with E-state index in [1.807, 2.05) is 0 Å². The van der Waals surface area contributed by atoms with Crippen molar-refractivity contribution in [2.75, 3.05) is 7.05 Å². The first-order valence-electron chi connectivity index (χ1n) is 3.68. The molecule has 1 atom stereocenters. The van der Waals surface area contributed by atoms with E-state index in [4.69, 9.17) is 5.73 Å². The third kappa shape index (κ3) is 3.58. The number of hydrogen-bond donors (Lipinski definition) is 2. The molecule has 3 nitrogen and oxygen atoms in total. The summed E-state index contributed by atoms with van der Waals surface area (Å²) < 4.78 is 0. The number of nitrogens with one attached hydrogen (secondary N) is 1. The highest BCUT2D eigenvalue weighted by molar-refractivity contribution is 5.83. The van der Waals surface area contributed by atoms with Gasteiger partial charge in [-0.3, -0.25) is 10.1 Å². The molecule has 0 radical (unpaired) electrons. The molecule has 0 aliphatic carbocycles. The monoisotopic (exact) mass is 144 g/mol. The van der Waals surface area contributed by atoms with Gasteiger partial charge in [-0.25, -0.2) is 0 Å². The zero-order chi connectivity index (χ0) is 7.98. The average Bonchev–Trinajstić information content (AvgIpc) is 1.98. The lowest BCUT2D eigenvalue weighted by Crippen LogP contribution is -2.41. The Balaban J connectivity index is 3.42. The van der Waals surface area contributed by atoms with Crippen molar-refractivity contribution in [3.05, 3.63) is 0 Å². The summed E-state index contributed by atoms with van der Waals surface area (Å²) >= 11 is 0. The molecule has 0 bridgehead atoms. The molecule has 0 aromatic rings. The Morgan fingerprint density at radius 3 is 2.70 bits per heavy atom. The summed E-state index contributed by atoms with van der Waals surface area (Å²) in [6, 6.07) is 0. The molecule has 3 heteroatoms. The van der Waals surface area contributed by atoms with Crippen LogP contribution in [0.5, 0.6) is 0 Å². The molecule has 60 valence electrons. The van der Waals surface area contributed by atoms with Gasteiger partial charge in [0.15, 0.2) is 5.78 Å². The number of ketones is 1. The van der Waals surface area contributed by atoms with Crippen molar-refractivity contribution < 1.29 is 4.79 Å². The van der Waals surface area contributed by atoms with E-state index in [9.17, 15) is 4.79 Å². The van der Waals surface area contributed by atoms with Gasteiger partial charge >= 0.3 is 0 Å². The van der Waals surface area contributed by atoms with Crippen LogP contribution < -0.4 is 11.1 Å². The van der Waals surface area contributed by atoms with Gasteiger partial charge < -0.3 is 5.73 Å². The smallest absolute Gasteiger partial charge is 0.164 e. The SMILES string of the molecule is CCCCC(=O)C(N)NC. The standard InChI is InChI=1S/C7H16N2O/c1-3-4-5-6(10)7(8)9-2/h7,9H,3-5,8H2,1-2H3. The van der Waals surface area contributed by atoms with Crippen LogP contribution in [0.15, 0.2) is 0 Å². The molecular weight excluding hydrogens is 128 g/mol. The molecule has 1 unspecified atom stereocenters.